The maximum atomic E-state index is 11.0. The van der Waals surface area contributed by atoms with Gasteiger partial charge < -0.3 is 15.8 Å². The highest BCUT2D eigenvalue weighted by Gasteiger charge is 2.27. The Bertz CT molecular complexity index is 361. The van der Waals surface area contributed by atoms with Crippen LogP contribution in [0.1, 0.15) is 12.6 Å². The van der Waals surface area contributed by atoms with Crippen LogP contribution in [0.4, 0.5) is 0 Å². The highest BCUT2D eigenvalue weighted by Crippen LogP contribution is 2.01. The molecule has 2 atom stereocenters. The first-order valence-corrected chi connectivity index (χ1v) is 4.67. The largest absolute Gasteiger partial charge is 0.480 e. The van der Waals surface area contributed by atoms with E-state index in [1.165, 1.54) is 19.4 Å². The van der Waals surface area contributed by atoms with Crippen molar-refractivity contribution in [1.82, 2.24) is 15.3 Å². The Morgan fingerprint density at radius 2 is 2.56 bits per heavy atom. The van der Waals surface area contributed by atoms with Gasteiger partial charge in [0, 0.05) is 18.3 Å². The molecule has 1 rings (SSSR count). The van der Waals surface area contributed by atoms with Crippen LogP contribution in [0.2, 0.25) is 0 Å². The molecule has 0 aliphatic heterocycles. The third-order valence-corrected chi connectivity index (χ3v) is 2.01. The molecule has 0 fully saturated rings. The molecule has 0 saturated heterocycles. The number of carboxylic acid groups (broad SMARTS) is 1. The fourth-order valence-electron chi connectivity index (χ4n) is 1.23. The maximum Gasteiger partial charge on any atom is 0.321 e. The monoisotopic (exact) mass is 226 g/mol. The van der Waals surface area contributed by atoms with Crippen molar-refractivity contribution in [3.05, 3.63) is 18.2 Å². The molecule has 0 aliphatic rings. The number of imidazole rings is 1. The lowest BCUT2D eigenvalue weighted by atomic mass is 10.1. The van der Waals surface area contributed by atoms with Gasteiger partial charge in [-0.1, -0.05) is 0 Å². The van der Waals surface area contributed by atoms with Gasteiger partial charge in [0.1, 0.15) is 11.7 Å². The van der Waals surface area contributed by atoms with E-state index in [2.05, 4.69) is 15.3 Å². The maximum absolute atomic E-state index is 11.0. The molecule has 0 unspecified atom stereocenters. The Labute approximate surface area is 92.1 Å². The van der Waals surface area contributed by atoms with E-state index in [9.17, 15) is 9.59 Å². The smallest absolute Gasteiger partial charge is 0.321 e. The zero-order valence-corrected chi connectivity index (χ0v) is 8.80. The third-order valence-electron chi connectivity index (χ3n) is 2.01. The third kappa shape index (κ3) is 3.44. The summed E-state index contributed by atoms with van der Waals surface area (Å²) in [5, 5.41) is 11.5. The van der Waals surface area contributed by atoms with E-state index in [1.807, 2.05) is 0 Å². The van der Waals surface area contributed by atoms with Crippen LogP contribution < -0.4 is 11.1 Å². The molecule has 0 spiro atoms. The highest BCUT2D eigenvalue weighted by atomic mass is 16.4. The molecule has 7 nitrogen and oxygen atoms in total. The fourth-order valence-corrected chi connectivity index (χ4v) is 1.23. The molecule has 0 amide bonds. The molecule has 0 radical (unpaired) electrons. The summed E-state index contributed by atoms with van der Waals surface area (Å²) < 4.78 is 0. The average molecular weight is 226 g/mol. The number of aldehydes is 1. The van der Waals surface area contributed by atoms with E-state index in [4.69, 9.17) is 10.8 Å². The Kier molecular flexibility index (Phi) is 3.75. The fraction of sp³-hybridized carbons (Fsp3) is 0.444. The highest BCUT2D eigenvalue weighted by molar-refractivity contribution is 5.75. The van der Waals surface area contributed by atoms with E-state index in [-0.39, 0.29) is 6.42 Å². The van der Waals surface area contributed by atoms with Gasteiger partial charge in [-0.2, -0.15) is 0 Å². The number of nitrogens with zero attached hydrogens (tertiary/aromatic N) is 1. The number of carbonyl (C=O) groups excluding carboxylic acids is 1. The van der Waals surface area contributed by atoms with Crippen LogP contribution in [0.25, 0.3) is 0 Å². The zero-order chi connectivity index (χ0) is 12.2. The number of rotatable bonds is 6. The second kappa shape index (κ2) is 4.86. The quantitative estimate of drug-likeness (QED) is 0.359. The average Bonchev–Trinajstić information content (AvgIpc) is 2.69. The van der Waals surface area contributed by atoms with Crippen molar-refractivity contribution in [1.29, 1.82) is 0 Å². The minimum absolute atomic E-state index is 0.177. The van der Waals surface area contributed by atoms with Gasteiger partial charge in [-0.05, 0) is 6.92 Å². The normalized spacial score (nSPS) is 16.4. The number of carboxylic acids is 1. The molecular formula is C9H14N4O3. The van der Waals surface area contributed by atoms with Crippen LogP contribution in [0.15, 0.2) is 12.5 Å². The van der Waals surface area contributed by atoms with Gasteiger partial charge in [0.15, 0.2) is 6.29 Å². The predicted molar refractivity (Wildman–Crippen MR) is 55.5 cm³/mol. The van der Waals surface area contributed by atoms with Gasteiger partial charge >= 0.3 is 5.97 Å². The van der Waals surface area contributed by atoms with Crippen molar-refractivity contribution in [2.24, 2.45) is 5.73 Å². The molecule has 0 saturated carbocycles. The first kappa shape index (κ1) is 12.3. The summed E-state index contributed by atoms with van der Waals surface area (Å²) in [5.74, 6) is -1.08. The lowest BCUT2D eigenvalue weighted by molar-refractivity contribution is -0.140. The molecule has 1 heterocycles. The first-order valence-electron chi connectivity index (χ1n) is 4.67. The number of nitrogens with two attached hydrogens (primary N) is 1. The summed E-state index contributed by atoms with van der Waals surface area (Å²) in [7, 11) is 0. The molecule has 1 aromatic rings. The molecule has 0 aliphatic carbocycles. The van der Waals surface area contributed by atoms with Crippen LogP contribution in [-0.4, -0.2) is 39.0 Å². The molecule has 7 heteroatoms. The topological polar surface area (TPSA) is 121 Å². The van der Waals surface area contributed by atoms with Crippen molar-refractivity contribution in [3.63, 3.8) is 0 Å². The van der Waals surface area contributed by atoms with Crippen molar-refractivity contribution < 1.29 is 14.7 Å². The minimum Gasteiger partial charge on any atom is -0.480 e. The van der Waals surface area contributed by atoms with Gasteiger partial charge in [-0.15, -0.1) is 0 Å². The van der Waals surface area contributed by atoms with Crippen LogP contribution in [0.3, 0.4) is 0 Å². The van der Waals surface area contributed by atoms with E-state index in [0.29, 0.717) is 12.0 Å². The number of hydrogen-bond donors (Lipinski definition) is 4. The number of nitrogens with one attached hydrogen (secondary N) is 2. The van der Waals surface area contributed by atoms with Crippen LogP contribution in [0.5, 0.6) is 0 Å². The number of H-pyrrole nitrogens is 1. The summed E-state index contributed by atoms with van der Waals surface area (Å²) in [6.07, 6.45) is 3.62. The number of carbonyl (C=O) groups is 2. The predicted octanol–water partition coefficient (Wildman–Crippen LogP) is -1.13. The van der Waals surface area contributed by atoms with Gasteiger partial charge in [-0.25, -0.2) is 4.98 Å². The molecule has 1 aromatic heterocycles. The summed E-state index contributed by atoms with van der Waals surface area (Å²) in [5.41, 5.74) is 4.81. The SMILES string of the molecule is C[C@@](N)(C=O)N[C@@H](Cc1cnc[nH]1)C(=O)O. The second-order valence-electron chi connectivity index (χ2n) is 3.72. The lowest BCUT2D eigenvalue weighted by Gasteiger charge is -2.24. The Morgan fingerprint density at radius 1 is 1.88 bits per heavy atom. The molecule has 88 valence electrons. The van der Waals surface area contributed by atoms with Crippen molar-refractivity contribution in [2.75, 3.05) is 0 Å². The lowest BCUT2D eigenvalue weighted by Crippen LogP contribution is -2.59. The van der Waals surface area contributed by atoms with Crippen molar-refractivity contribution in [2.45, 2.75) is 25.0 Å². The number of aromatic amines is 1. The van der Waals surface area contributed by atoms with Gasteiger partial charge in [-0.3, -0.25) is 14.9 Å². The first-order chi connectivity index (χ1) is 7.44. The summed E-state index contributed by atoms with van der Waals surface area (Å²) in [6, 6.07) is -0.944. The van der Waals surface area contributed by atoms with Crippen LogP contribution in [0, 0.1) is 0 Å². The Morgan fingerprint density at radius 3 is 3.00 bits per heavy atom. The van der Waals surface area contributed by atoms with E-state index in [1.54, 1.807) is 0 Å². The molecular weight excluding hydrogens is 212 g/mol. The van der Waals surface area contributed by atoms with Crippen molar-refractivity contribution >= 4 is 12.3 Å². The molecule has 0 aromatic carbocycles. The standard InChI is InChI=1S/C9H14N4O3/c1-9(10,4-14)13-7(8(15)16)2-6-3-11-5-12-6/h3-5,7,13H,2,10H2,1H3,(H,11,12)(H,15,16)/t7-,9-/m0/s1. The van der Waals surface area contributed by atoms with Crippen LogP contribution >= 0.6 is 0 Å². The minimum atomic E-state index is -1.36. The Hall–Kier alpha value is -1.73. The van der Waals surface area contributed by atoms with Gasteiger partial charge in [0.2, 0.25) is 0 Å². The number of hydrogen-bond acceptors (Lipinski definition) is 5. The summed E-state index contributed by atoms with van der Waals surface area (Å²) >= 11 is 0. The number of aliphatic carboxylic acids is 1. The van der Waals surface area contributed by atoms with Gasteiger partial charge in [0.25, 0.3) is 0 Å². The van der Waals surface area contributed by atoms with Crippen molar-refractivity contribution in [3.8, 4) is 0 Å². The number of aromatic nitrogens is 2. The van der Waals surface area contributed by atoms with E-state index < -0.39 is 17.7 Å². The summed E-state index contributed by atoms with van der Waals surface area (Å²) in [6.45, 7) is 1.41. The molecule has 5 N–H and O–H groups in total. The molecule has 16 heavy (non-hydrogen) atoms. The molecule has 0 bridgehead atoms. The second-order valence-corrected chi connectivity index (χ2v) is 3.72. The summed E-state index contributed by atoms with van der Waals surface area (Å²) in [4.78, 5) is 28.1. The van der Waals surface area contributed by atoms with E-state index >= 15 is 0 Å². The Balaban J connectivity index is 2.69. The van der Waals surface area contributed by atoms with Gasteiger partial charge in [0.05, 0.1) is 6.33 Å². The van der Waals surface area contributed by atoms with E-state index in [0.717, 1.165) is 0 Å². The van der Waals surface area contributed by atoms with Crippen LogP contribution in [-0.2, 0) is 16.0 Å². The zero-order valence-electron chi connectivity index (χ0n) is 8.80.